The molecule has 1 aromatic rings. The average Bonchev–Trinajstić information content (AvgIpc) is 2.48. The second kappa shape index (κ2) is 6.75. The Morgan fingerprint density at radius 3 is 2.42 bits per heavy atom. The molecule has 1 aromatic carbocycles. The highest BCUT2D eigenvalue weighted by Crippen LogP contribution is 2.32. The van der Waals surface area contributed by atoms with Gasteiger partial charge >= 0.3 is 0 Å². The molecule has 19 heavy (non-hydrogen) atoms. The number of hydrazine groups is 1. The molecule has 2 atom stereocenters. The molecular formula is C14H22N2O3. The van der Waals surface area contributed by atoms with Gasteiger partial charge in [0.15, 0.2) is 0 Å². The zero-order chi connectivity index (χ0) is 13.7. The van der Waals surface area contributed by atoms with Gasteiger partial charge in [-0.05, 0) is 30.5 Å². The molecule has 0 bridgehead atoms. The van der Waals surface area contributed by atoms with Crippen LogP contribution in [0.4, 0.5) is 0 Å². The minimum absolute atomic E-state index is 0.0456. The van der Waals surface area contributed by atoms with Crippen LogP contribution in [0.5, 0.6) is 11.5 Å². The Balaban J connectivity index is 2.25. The summed E-state index contributed by atoms with van der Waals surface area (Å²) in [5.41, 5.74) is 3.96. The van der Waals surface area contributed by atoms with Crippen LogP contribution in [-0.4, -0.2) is 27.4 Å². The molecule has 1 saturated heterocycles. The normalized spacial score (nSPS) is 20.9. The Hall–Kier alpha value is -1.30. The molecule has 0 radical (unpaired) electrons. The second-order valence-electron chi connectivity index (χ2n) is 4.77. The van der Waals surface area contributed by atoms with E-state index in [9.17, 15) is 0 Å². The summed E-state index contributed by atoms with van der Waals surface area (Å²) in [6, 6.07) is 5.88. The molecular weight excluding hydrogens is 244 g/mol. The van der Waals surface area contributed by atoms with Crippen molar-refractivity contribution in [2.75, 3.05) is 27.4 Å². The first kappa shape index (κ1) is 14.1. The highest BCUT2D eigenvalue weighted by atomic mass is 16.5. The van der Waals surface area contributed by atoms with Crippen LogP contribution in [0.2, 0.25) is 0 Å². The number of rotatable bonds is 5. The number of methoxy groups -OCH3 is 2. The van der Waals surface area contributed by atoms with Gasteiger partial charge in [0.2, 0.25) is 0 Å². The van der Waals surface area contributed by atoms with E-state index in [0.717, 1.165) is 43.1 Å². The lowest BCUT2D eigenvalue weighted by atomic mass is 9.89. The molecule has 0 saturated carbocycles. The van der Waals surface area contributed by atoms with Gasteiger partial charge in [-0.1, -0.05) is 0 Å². The summed E-state index contributed by atoms with van der Waals surface area (Å²) in [7, 11) is 3.29. The van der Waals surface area contributed by atoms with Gasteiger partial charge in [0, 0.05) is 18.6 Å². The van der Waals surface area contributed by atoms with E-state index in [-0.39, 0.29) is 6.04 Å². The van der Waals surface area contributed by atoms with E-state index < -0.39 is 0 Å². The number of nitrogens with one attached hydrogen (secondary N) is 1. The van der Waals surface area contributed by atoms with Gasteiger partial charge in [-0.3, -0.25) is 11.3 Å². The van der Waals surface area contributed by atoms with Crippen molar-refractivity contribution in [3.63, 3.8) is 0 Å². The smallest absolute Gasteiger partial charge is 0.122 e. The van der Waals surface area contributed by atoms with Crippen LogP contribution in [-0.2, 0) is 4.74 Å². The number of hydrogen-bond acceptors (Lipinski definition) is 5. The van der Waals surface area contributed by atoms with Crippen molar-refractivity contribution in [1.82, 2.24) is 5.43 Å². The fraction of sp³-hybridized carbons (Fsp3) is 0.571. The van der Waals surface area contributed by atoms with Gasteiger partial charge in [0.25, 0.3) is 0 Å². The summed E-state index contributed by atoms with van der Waals surface area (Å²) in [5.74, 6) is 7.64. The van der Waals surface area contributed by atoms with Crippen LogP contribution >= 0.6 is 0 Å². The summed E-state index contributed by atoms with van der Waals surface area (Å²) in [4.78, 5) is 0. The molecule has 0 spiro atoms. The van der Waals surface area contributed by atoms with Crippen LogP contribution in [0.15, 0.2) is 18.2 Å². The quantitative estimate of drug-likeness (QED) is 0.626. The third-order valence-electron chi connectivity index (χ3n) is 3.58. The second-order valence-corrected chi connectivity index (χ2v) is 4.77. The van der Waals surface area contributed by atoms with Crippen molar-refractivity contribution in [3.8, 4) is 11.5 Å². The predicted molar refractivity (Wildman–Crippen MR) is 73.2 cm³/mol. The Morgan fingerprint density at radius 2 is 1.95 bits per heavy atom. The highest BCUT2D eigenvalue weighted by molar-refractivity contribution is 5.40. The lowest BCUT2D eigenvalue weighted by Crippen LogP contribution is -2.37. The van der Waals surface area contributed by atoms with Crippen molar-refractivity contribution in [1.29, 1.82) is 0 Å². The van der Waals surface area contributed by atoms with Crippen molar-refractivity contribution in [2.45, 2.75) is 18.9 Å². The zero-order valence-corrected chi connectivity index (χ0v) is 11.5. The minimum atomic E-state index is 0.0456. The van der Waals surface area contributed by atoms with Gasteiger partial charge in [0.05, 0.1) is 26.9 Å². The van der Waals surface area contributed by atoms with E-state index in [2.05, 4.69) is 5.43 Å². The Bertz CT molecular complexity index is 383. The highest BCUT2D eigenvalue weighted by Gasteiger charge is 2.25. The molecule has 1 aliphatic heterocycles. The third kappa shape index (κ3) is 3.37. The van der Waals surface area contributed by atoms with Crippen LogP contribution in [0, 0.1) is 5.92 Å². The van der Waals surface area contributed by atoms with E-state index in [0.29, 0.717) is 5.92 Å². The lowest BCUT2D eigenvalue weighted by molar-refractivity contribution is 0.0389. The van der Waals surface area contributed by atoms with E-state index in [1.165, 1.54) is 0 Å². The molecule has 1 aliphatic rings. The molecule has 106 valence electrons. The molecule has 0 aromatic heterocycles. The first-order valence-corrected chi connectivity index (χ1v) is 6.55. The minimum Gasteiger partial charge on any atom is -0.497 e. The maximum Gasteiger partial charge on any atom is 0.122 e. The lowest BCUT2D eigenvalue weighted by Gasteiger charge is -2.30. The van der Waals surface area contributed by atoms with Gasteiger partial charge in [-0.15, -0.1) is 0 Å². The molecule has 0 aliphatic carbocycles. The summed E-state index contributed by atoms with van der Waals surface area (Å²) < 4.78 is 16.1. The van der Waals surface area contributed by atoms with Crippen molar-refractivity contribution < 1.29 is 14.2 Å². The van der Waals surface area contributed by atoms with Crippen molar-refractivity contribution in [3.05, 3.63) is 23.8 Å². The standard InChI is InChI=1S/C14H22N2O3/c1-17-12-6-11(7-13(8-12)18-2)14(16-15)10-4-3-5-19-9-10/h6-8,10,14,16H,3-5,9,15H2,1-2H3. The number of ether oxygens (including phenoxy) is 3. The fourth-order valence-electron chi connectivity index (χ4n) is 2.54. The predicted octanol–water partition coefficient (Wildman–Crippen LogP) is 1.63. The van der Waals surface area contributed by atoms with Gasteiger partial charge < -0.3 is 14.2 Å². The molecule has 0 amide bonds. The third-order valence-corrected chi connectivity index (χ3v) is 3.58. The van der Waals surface area contributed by atoms with Crippen LogP contribution in [0.3, 0.4) is 0 Å². The summed E-state index contributed by atoms with van der Waals surface area (Å²) in [6.45, 7) is 1.57. The maximum atomic E-state index is 5.73. The van der Waals surface area contributed by atoms with Crippen molar-refractivity contribution in [2.24, 2.45) is 11.8 Å². The zero-order valence-electron chi connectivity index (χ0n) is 11.5. The van der Waals surface area contributed by atoms with E-state index in [1.54, 1.807) is 14.2 Å². The summed E-state index contributed by atoms with van der Waals surface area (Å²) in [6.07, 6.45) is 2.18. The van der Waals surface area contributed by atoms with Crippen LogP contribution in [0.25, 0.3) is 0 Å². The first-order valence-electron chi connectivity index (χ1n) is 6.55. The first-order chi connectivity index (χ1) is 9.28. The van der Waals surface area contributed by atoms with E-state index in [4.69, 9.17) is 20.1 Å². The monoisotopic (exact) mass is 266 g/mol. The molecule has 3 N–H and O–H groups in total. The average molecular weight is 266 g/mol. The van der Waals surface area contributed by atoms with E-state index >= 15 is 0 Å². The van der Waals surface area contributed by atoms with Gasteiger partial charge in [0.1, 0.15) is 11.5 Å². The summed E-state index contributed by atoms with van der Waals surface area (Å²) >= 11 is 0. The maximum absolute atomic E-state index is 5.73. The number of nitrogens with two attached hydrogens (primary N) is 1. The SMILES string of the molecule is COc1cc(OC)cc(C(NN)C2CCCOC2)c1. The number of benzene rings is 1. The Kier molecular flexibility index (Phi) is 5.01. The molecule has 2 rings (SSSR count). The molecule has 2 unspecified atom stereocenters. The van der Waals surface area contributed by atoms with Gasteiger partial charge in [-0.25, -0.2) is 0 Å². The van der Waals surface area contributed by atoms with Crippen LogP contribution in [0.1, 0.15) is 24.4 Å². The largest absolute Gasteiger partial charge is 0.497 e. The molecule has 5 heteroatoms. The Morgan fingerprint density at radius 1 is 1.26 bits per heavy atom. The summed E-state index contributed by atoms with van der Waals surface area (Å²) in [5, 5.41) is 0. The van der Waals surface area contributed by atoms with Gasteiger partial charge in [-0.2, -0.15) is 0 Å². The number of hydrogen-bond donors (Lipinski definition) is 2. The van der Waals surface area contributed by atoms with Crippen molar-refractivity contribution >= 4 is 0 Å². The van der Waals surface area contributed by atoms with E-state index in [1.807, 2.05) is 18.2 Å². The fourth-order valence-corrected chi connectivity index (χ4v) is 2.54. The Labute approximate surface area is 114 Å². The topological polar surface area (TPSA) is 65.7 Å². The molecule has 1 heterocycles. The van der Waals surface area contributed by atoms with Crippen LogP contribution < -0.4 is 20.7 Å². The molecule has 5 nitrogen and oxygen atoms in total. The molecule has 1 fully saturated rings.